The van der Waals surface area contributed by atoms with E-state index in [4.69, 9.17) is 4.74 Å². The van der Waals surface area contributed by atoms with E-state index in [0.717, 1.165) is 22.4 Å². The second kappa shape index (κ2) is 10.7. The van der Waals surface area contributed by atoms with Crippen LogP contribution < -0.4 is 10.1 Å². The van der Waals surface area contributed by atoms with Gasteiger partial charge >= 0.3 is 0 Å². The maximum absolute atomic E-state index is 13.6. The number of rotatable bonds is 7. The summed E-state index contributed by atoms with van der Waals surface area (Å²) < 4.78 is 5.51. The molecule has 5 aromatic rings. The Morgan fingerprint density at radius 2 is 1.98 bits per heavy atom. The van der Waals surface area contributed by atoms with Crippen molar-refractivity contribution < 1.29 is 19.1 Å². The number of carbonyl (C=O) groups is 3. The lowest BCUT2D eigenvalue weighted by atomic mass is 9.92. The molecule has 5 heterocycles. The van der Waals surface area contributed by atoms with E-state index in [1.165, 1.54) is 19.5 Å². The highest BCUT2D eigenvalue weighted by Gasteiger charge is 2.31. The molecular weight excluding hydrogens is 522 g/mol. The molecule has 1 aromatic carbocycles. The van der Waals surface area contributed by atoms with Crippen LogP contribution in [0.3, 0.4) is 0 Å². The first-order chi connectivity index (χ1) is 20.0. The first kappa shape index (κ1) is 25.9. The topological polar surface area (TPSA) is 146 Å². The monoisotopic (exact) mass is 549 g/mol. The third-order valence-electron chi connectivity index (χ3n) is 7.23. The van der Waals surface area contributed by atoms with E-state index in [9.17, 15) is 14.4 Å². The molecule has 0 bridgehead atoms. The lowest BCUT2D eigenvalue weighted by Gasteiger charge is -2.29. The number of aromatic nitrogens is 5. The van der Waals surface area contributed by atoms with E-state index in [-0.39, 0.29) is 17.2 Å². The van der Waals surface area contributed by atoms with Gasteiger partial charge in [0.15, 0.2) is 0 Å². The lowest BCUT2D eigenvalue weighted by molar-refractivity contribution is -0.127. The highest BCUT2D eigenvalue weighted by Crippen LogP contribution is 2.35. The molecule has 0 saturated heterocycles. The van der Waals surface area contributed by atoms with Crippen molar-refractivity contribution in [3.8, 4) is 28.4 Å². The Morgan fingerprint density at radius 1 is 1.10 bits per heavy atom. The maximum Gasteiger partial charge on any atom is 0.295 e. The third-order valence-corrected chi connectivity index (χ3v) is 7.23. The molecule has 11 heteroatoms. The van der Waals surface area contributed by atoms with Crippen LogP contribution in [0.15, 0.2) is 61.1 Å². The van der Waals surface area contributed by atoms with Crippen molar-refractivity contribution >= 4 is 28.5 Å². The second-order valence-electron chi connectivity index (χ2n) is 9.62. The summed E-state index contributed by atoms with van der Waals surface area (Å²) in [6, 6.07) is 13.3. The molecule has 0 fully saturated rings. The van der Waals surface area contributed by atoms with Gasteiger partial charge in [0.25, 0.3) is 17.6 Å². The molecule has 0 unspecified atom stereocenters. The Balaban J connectivity index is 1.30. The molecule has 1 aliphatic heterocycles. The number of hydrogen-bond donors (Lipinski definition) is 3. The lowest BCUT2D eigenvalue weighted by Crippen LogP contribution is -2.40. The number of Topliss-reactive ketones (excluding diaryl/α,β-unsaturated/α-hetero) is 1. The molecule has 0 atom stereocenters. The molecular formula is C30H27N7O4. The van der Waals surface area contributed by atoms with Crippen molar-refractivity contribution in [3.05, 3.63) is 83.4 Å². The molecule has 0 spiro atoms. The molecule has 3 N–H and O–H groups in total. The molecule has 41 heavy (non-hydrogen) atoms. The van der Waals surface area contributed by atoms with Gasteiger partial charge in [0.1, 0.15) is 22.8 Å². The predicted molar refractivity (Wildman–Crippen MR) is 151 cm³/mol. The van der Waals surface area contributed by atoms with E-state index in [1.54, 1.807) is 17.2 Å². The van der Waals surface area contributed by atoms with Crippen LogP contribution in [0.1, 0.15) is 38.9 Å². The summed E-state index contributed by atoms with van der Waals surface area (Å²) in [6.45, 7) is 3.03. The van der Waals surface area contributed by atoms with E-state index >= 15 is 0 Å². The average Bonchev–Trinajstić information content (AvgIpc) is 3.69. The van der Waals surface area contributed by atoms with Gasteiger partial charge < -0.3 is 19.9 Å². The number of ether oxygens (including phenoxy) is 1. The minimum absolute atomic E-state index is 0.179. The number of pyridine rings is 2. The van der Waals surface area contributed by atoms with Gasteiger partial charge in [-0.2, -0.15) is 5.10 Å². The fourth-order valence-corrected chi connectivity index (χ4v) is 5.27. The number of ketones is 1. The number of amides is 2. The van der Waals surface area contributed by atoms with Crippen LogP contribution in [0.25, 0.3) is 33.5 Å². The van der Waals surface area contributed by atoms with Gasteiger partial charge in [-0.3, -0.25) is 24.5 Å². The smallest absolute Gasteiger partial charge is 0.295 e. The van der Waals surface area contributed by atoms with Crippen molar-refractivity contribution in [2.24, 2.45) is 0 Å². The number of aromatic amines is 2. The van der Waals surface area contributed by atoms with Crippen LogP contribution in [0.5, 0.6) is 5.75 Å². The Morgan fingerprint density at radius 3 is 2.76 bits per heavy atom. The first-order valence-electron chi connectivity index (χ1n) is 13.2. The zero-order valence-corrected chi connectivity index (χ0v) is 22.5. The molecule has 1 aliphatic rings. The van der Waals surface area contributed by atoms with Gasteiger partial charge in [-0.15, -0.1) is 0 Å². The van der Waals surface area contributed by atoms with Crippen LogP contribution in [0, 0.1) is 0 Å². The van der Waals surface area contributed by atoms with E-state index in [2.05, 4.69) is 30.5 Å². The zero-order valence-electron chi connectivity index (χ0n) is 22.5. The summed E-state index contributed by atoms with van der Waals surface area (Å²) in [5, 5.41) is 10.1. The third kappa shape index (κ3) is 4.61. The van der Waals surface area contributed by atoms with Crippen LogP contribution in [-0.4, -0.2) is 67.8 Å². The summed E-state index contributed by atoms with van der Waals surface area (Å²) in [7, 11) is 1.47. The zero-order chi connectivity index (χ0) is 28.5. The van der Waals surface area contributed by atoms with Crippen LogP contribution >= 0.6 is 0 Å². The standard InChI is InChI=1S/C30H27N7O4/c1-3-31-29(39)23-13-22(35-36-23)26-27-25(24(41-2)15-34-26)20(14-33-27)28(38)30(40)37-12-10-18-17(16-37)7-6-8-19(18)21-9-4-5-11-32-21/h4-9,11,13-15,33H,3,10,12,16H2,1-2H3,(H,31,39)(H,35,36). The van der Waals surface area contributed by atoms with E-state index in [0.29, 0.717) is 54.1 Å². The highest BCUT2D eigenvalue weighted by atomic mass is 16.5. The van der Waals surface area contributed by atoms with Crippen molar-refractivity contribution in [2.75, 3.05) is 20.2 Å². The summed E-state index contributed by atoms with van der Waals surface area (Å²) >= 11 is 0. The number of hydrogen-bond acceptors (Lipinski definition) is 7. The minimum Gasteiger partial charge on any atom is -0.494 e. The number of carbonyl (C=O) groups excluding carboxylic acids is 3. The fourth-order valence-electron chi connectivity index (χ4n) is 5.27. The van der Waals surface area contributed by atoms with Gasteiger partial charge in [0.05, 0.1) is 35.5 Å². The summed E-state index contributed by atoms with van der Waals surface area (Å²) in [5.41, 5.74) is 5.79. The largest absolute Gasteiger partial charge is 0.494 e. The summed E-state index contributed by atoms with van der Waals surface area (Å²) in [5.74, 6) is -1.21. The average molecular weight is 550 g/mol. The van der Waals surface area contributed by atoms with Gasteiger partial charge in [-0.1, -0.05) is 24.3 Å². The SMILES string of the molecule is CCNC(=O)c1cc(-c2ncc(OC)c3c(C(=O)C(=O)N4CCc5c(cccc5-c5ccccn5)C4)c[nH]c23)n[nH]1. The maximum atomic E-state index is 13.6. The van der Waals surface area contributed by atoms with E-state index < -0.39 is 11.7 Å². The van der Waals surface area contributed by atoms with Crippen molar-refractivity contribution in [1.82, 2.24) is 35.4 Å². The Bertz CT molecular complexity index is 1790. The minimum atomic E-state index is -0.652. The van der Waals surface area contributed by atoms with Gasteiger partial charge in [0.2, 0.25) is 0 Å². The number of nitrogens with one attached hydrogen (secondary N) is 3. The second-order valence-corrected chi connectivity index (χ2v) is 9.62. The summed E-state index contributed by atoms with van der Waals surface area (Å²) in [4.78, 5) is 53.0. The van der Waals surface area contributed by atoms with Crippen molar-refractivity contribution in [3.63, 3.8) is 0 Å². The number of nitrogens with zero attached hydrogens (tertiary/aromatic N) is 4. The Hall–Kier alpha value is -5.32. The van der Waals surface area contributed by atoms with Crippen LogP contribution in [0.2, 0.25) is 0 Å². The quantitative estimate of drug-likeness (QED) is 0.208. The Labute approximate surface area is 235 Å². The molecule has 4 aromatic heterocycles. The van der Waals surface area contributed by atoms with Crippen molar-refractivity contribution in [2.45, 2.75) is 19.9 Å². The number of benzene rings is 1. The van der Waals surface area contributed by atoms with Crippen molar-refractivity contribution in [1.29, 1.82) is 0 Å². The molecule has 0 aliphatic carbocycles. The number of H-pyrrole nitrogens is 2. The summed E-state index contributed by atoms with van der Waals surface area (Å²) in [6.07, 6.45) is 5.34. The number of fused-ring (bicyclic) bond motifs is 2. The normalized spacial score (nSPS) is 12.7. The molecule has 6 rings (SSSR count). The molecule has 0 radical (unpaired) electrons. The highest BCUT2D eigenvalue weighted by molar-refractivity contribution is 6.45. The first-order valence-corrected chi connectivity index (χ1v) is 13.2. The van der Waals surface area contributed by atoms with Gasteiger partial charge in [-0.25, -0.2) is 4.98 Å². The predicted octanol–water partition coefficient (Wildman–Crippen LogP) is 3.54. The molecule has 2 amide bonds. The fraction of sp³-hybridized carbons (Fsp3) is 0.200. The number of methoxy groups -OCH3 is 1. The Kier molecular flexibility index (Phi) is 6.76. The van der Waals surface area contributed by atoms with Crippen LogP contribution in [-0.2, 0) is 17.8 Å². The molecule has 0 saturated carbocycles. The van der Waals surface area contributed by atoms with Crippen LogP contribution in [0.4, 0.5) is 0 Å². The van der Waals surface area contributed by atoms with Gasteiger partial charge in [-0.05, 0) is 42.7 Å². The molecule has 11 nitrogen and oxygen atoms in total. The molecule has 206 valence electrons. The van der Waals surface area contributed by atoms with Gasteiger partial charge in [0, 0.05) is 37.6 Å². The van der Waals surface area contributed by atoms with E-state index in [1.807, 2.05) is 43.3 Å².